The molecule has 8 heteroatoms. The van der Waals surface area contributed by atoms with Crippen LogP contribution in [0.1, 0.15) is 12.5 Å². The van der Waals surface area contributed by atoms with Crippen LogP contribution in [0.5, 0.6) is 0 Å². The van der Waals surface area contributed by atoms with Gasteiger partial charge in [-0.3, -0.25) is 0 Å². The van der Waals surface area contributed by atoms with E-state index in [1.54, 1.807) is 6.07 Å². The van der Waals surface area contributed by atoms with E-state index < -0.39 is 0 Å². The van der Waals surface area contributed by atoms with Gasteiger partial charge in [-0.05, 0) is 70.1 Å². The predicted molar refractivity (Wildman–Crippen MR) is 148 cm³/mol. The molecule has 3 aromatic rings. The zero-order valence-corrected chi connectivity index (χ0v) is 21.8. The minimum atomic E-state index is -0.310. The van der Waals surface area contributed by atoms with Crippen LogP contribution in [0.2, 0.25) is 0 Å². The lowest BCUT2D eigenvalue weighted by Crippen LogP contribution is -2.36. The van der Waals surface area contributed by atoms with Crippen LogP contribution in [-0.2, 0) is 15.9 Å². The summed E-state index contributed by atoms with van der Waals surface area (Å²) in [6, 6.07) is 11.3. The second kappa shape index (κ2) is 12.6. The van der Waals surface area contributed by atoms with Gasteiger partial charge in [0.25, 0.3) is 0 Å². The smallest absolute Gasteiger partial charge is 0.212 e. The summed E-state index contributed by atoms with van der Waals surface area (Å²) in [7, 11) is 3.98. The summed E-state index contributed by atoms with van der Waals surface area (Å²) in [4.78, 5) is 17.2. The van der Waals surface area contributed by atoms with Crippen LogP contribution in [0.15, 0.2) is 71.3 Å². The maximum atomic E-state index is 15.0. The molecule has 1 aromatic heterocycles. The summed E-state index contributed by atoms with van der Waals surface area (Å²) >= 11 is 0. The fourth-order valence-electron chi connectivity index (χ4n) is 4.22. The SMILES string of the molecule is C=N/C(=C\C=C(/C)Cc1ccc(F)c(-c2ncnc3cc(N4CCOCC4)ccc23)c1)OCCN(C)C. The van der Waals surface area contributed by atoms with Gasteiger partial charge in [0.2, 0.25) is 5.88 Å². The molecule has 0 amide bonds. The van der Waals surface area contributed by atoms with Gasteiger partial charge >= 0.3 is 0 Å². The van der Waals surface area contributed by atoms with Crippen LogP contribution in [-0.4, -0.2) is 75.1 Å². The van der Waals surface area contributed by atoms with Gasteiger partial charge in [-0.2, -0.15) is 0 Å². The molecular formula is C29H34FN5O2. The molecular weight excluding hydrogens is 469 g/mol. The lowest BCUT2D eigenvalue weighted by molar-refractivity contribution is 0.122. The van der Waals surface area contributed by atoms with Crippen molar-refractivity contribution in [3.8, 4) is 11.3 Å². The monoisotopic (exact) mass is 503 g/mol. The second-order valence-electron chi connectivity index (χ2n) is 9.34. The van der Waals surface area contributed by atoms with Crippen molar-refractivity contribution in [2.24, 2.45) is 4.99 Å². The zero-order chi connectivity index (χ0) is 26.2. The minimum absolute atomic E-state index is 0.310. The molecule has 194 valence electrons. The van der Waals surface area contributed by atoms with Crippen molar-refractivity contribution < 1.29 is 13.9 Å². The van der Waals surface area contributed by atoms with E-state index in [0.29, 0.717) is 43.4 Å². The maximum absolute atomic E-state index is 15.0. The average Bonchev–Trinajstić information content (AvgIpc) is 2.91. The van der Waals surface area contributed by atoms with E-state index in [1.807, 2.05) is 62.3 Å². The first-order chi connectivity index (χ1) is 17.9. The van der Waals surface area contributed by atoms with E-state index in [-0.39, 0.29) is 5.82 Å². The number of morpholine rings is 1. The molecule has 0 spiro atoms. The van der Waals surface area contributed by atoms with E-state index in [1.165, 1.54) is 12.4 Å². The lowest BCUT2D eigenvalue weighted by Gasteiger charge is -2.29. The molecule has 0 unspecified atom stereocenters. The summed E-state index contributed by atoms with van der Waals surface area (Å²) in [5.41, 5.74) is 5.00. The molecule has 0 atom stereocenters. The number of hydrogen-bond acceptors (Lipinski definition) is 7. The number of benzene rings is 2. The first-order valence-electron chi connectivity index (χ1n) is 12.4. The highest BCUT2D eigenvalue weighted by Gasteiger charge is 2.15. The average molecular weight is 504 g/mol. The van der Waals surface area contributed by atoms with Gasteiger partial charge in [-0.25, -0.2) is 19.4 Å². The van der Waals surface area contributed by atoms with Gasteiger partial charge in [0.05, 0.1) is 24.4 Å². The summed E-state index contributed by atoms with van der Waals surface area (Å²) < 4.78 is 26.1. The van der Waals surface area contributed by atoms with Crippen LogP contribution in [0.4, 0.5) is 10.1 Å². The summed E-state index contributed by atoms with van der Waals surface area (Å²) in [6.45, 7) is 10.0. The van der Waals surface area contributed by atoms with Crippen LogP contribution >= 0.6 is 0 Å². The van der Waals surface area contributed by atoms with Gasteiger partial charge in [0, 0.05) is 42.3 Å². The molecule has 0 radical (unpaired) electrons. The molecule has 7 nitrogen and oxygen atoms in total. The Bertz CT molecular complexity index is 1300. The van der Waals surface area contributed by atoms with Crippen molar-refractivity contribution >= 4 is 23.3 Å². The number of allylic oxidation sites excluding steroid dienone is 3. The Labute approximate surface area is 218 Å². The molecule has 0 aliphatic carbocycles. The van der Waals surface area contributed by atoms with Crippen LogP contribution in [0, 0.1) is 5.82 Å². The molecule has 0 N–H and O–H groups in total. The third-order valence-corrected chi connectivity index (χ3v) is 6.22. The summed E-state index contributed by atoms with van der Waals surface area (Å²) in [5, 5.41) is 0.822. The Morgan fingerprint density at radius 3 is 2.73 bits per heavy atom. The van der Waals surface area contributed by atoms with E-state index in [0.717, 1.165) is 47.4 Å². The third kappa shape index (κ3) is 6.99. The lowest BCUT2D eigenvalue weighted by atomic mass is 9.99. The zero-order valence-electron chi connectivity index (χ0n) is 21.8. The van der Waals surface area contributed by atoms with Gasteiger partial charge < -0.3 is 19.3 Å². The van der Waals surface area contributed by atoms with Crippen LogP contribution in [0.25, 0.3) is 22.2 Å². The van der Waals surface area contributed by atoms with E-state index >= 15 is 4.39 Å². The topological polar surface area (TPSA) is 63.1 Å². The van der Waals surface area contributed by atoms with Gasteiger partial charge in [-0.1, -0.05) is 17.7 Å². The number of fused-ring (bicyclic) bond motifs is 1. The number of aromatic nitrogens is 2. The molecule has 0 saturated carbocycles. The number of anilines is 1. The first-order valence-corrected chi connectivity index (χ1v) is 12.4. The van der Waals surface area contributed by atoms with Gasteiger partial charge in [-0.15, -0.1) is 0 Å². The Kier molecular flexibility index (Phi) is 8.98. The first kappa shape index (κ1) is 26.4. The van der Waals surface area contributed by atoms with Crippen LogP contribution < -0.4 is 4.90 Å². The minimum Gasteiger partial charge on any atom is -0.476 e. The number of likely N-dealkylation sites (N-methyl/N-ethyl adjacent to an activating group) is 1. The molecule has 4 rings (SSSR count). The molecule has 1 fully saturated rings. The van der Waals surface area contributed by atoms with Crippen molar-refractivity contribution in [1.29, 1.82) is 0 Å². The Balaban J connectivity index is 1.55. The normalized spacial score (nSPS) is 14.9. The number of halogens is 1. The van der Waals surface area contributed by atoms with Crippen molar-refractivity contribution in [3.05, 3.63) is 77.7 Å². The number of rotatable bonds is 10. The van der Waals surface area contributed by atoms with E-state index in [4.69, 9.17) is 9.47 Å². The molecule has 37 heavy (non-hydrogen) atoms. The van der Waals surface area contributed by atoms with Crippen molar-refractivity contribution in [1.82, 2.24) is 14.9 Å². The van der Waals surface area contributed by atoms with Crippen molar-refractivity contribution in [3.63, 3.8) is 0 Å². The fourth-order valence-corrected chi connectivity index (χ4v) is 4.22. The molecule has 1 aliphatic rings. The van der Waals surface area contributed by atoms with Gasteiger partial charge in [0.1, 0.15) is 18.8 Å². The Morgan fingerprint density at radius 1 is 1.16 bits per heavy atom. The van der Waals surface area contributed by atoms with Crippen molar-refractivity contribution in [2.45, 2.75) is 13.3 Å². The van der Waals surface area contributed by atoms with E-state index in [2.05, 4.69) is 26.6 Å². The number of aliphatic imine (C=N–C) groups is 1. The van der Waals surface area contributed by atoms with Crippen LogP contribution in [0.3, 0.4) is 0 Å². The fraction of sp³-hybridized carbons (Fsp3) is 0.345. The van der Waals surface area contributed by atoms with E-state index in [9.17, 15) is 0 Å². The highest BCUT2D eigenvalue weighted by atomic mass is 19.1. The highest BCUT2D eigenvalue weighted by molar-refractivity contribution is 5.94. The predicted octanol–water partition coefficient (Wildman–Crippen LogP) is 4.88. The standard InChI is InChI=1S/C29H34FN5O2/c1-21(5-10-28(31-2)37-16-11-34(3)4)17-22-6-9-26(30)25(18-22)29-24-8-7-23(19-27(24)32-20-33-29)35-12-14-36-15-13-35/h5-10,18-20H,2,11-17H2,1,3-4H3/b21-5+,28-10+. The number of nitrogens with zero attached hydrogens (tertiary/aromatic N) is 5. The Morgan fingerprint density at radius 2 is 1.97 bits per heavy atom. The highest BCUT2D eigenvalue weighted by Crippen LogP contribution is 2.31. The summed E-state index contributed by atoms with van der Waals surface area (Å²) in [6.07, 6.45) is 5.92. The molecule has 1 saturated heterocycles. The quantitative estimate of drug-likeness (QED) is 0.223. The number of ether oxygens (including phenoxy) is 2. The summed E-state index contributed by atoms with van der Waals surface area (Å²) in [5.74, 6) is 0.167. The number of hydrogen-bond donors (Lipinski definition) is 0. The van der Waals surface area contributed by atoms with Gasteiger partial charge in [0.15, 0.2) is 0 Å². The maximum Gasteiger partial charge on any atom is 0.212 e. The Hall–Kier alpha value is -3.62. The largest absolute Gasteiger partial charge is 0.476 e. The third-order valence-electron chi connectivity index (χ3n) is 6.22. The second-order valence-corrected chi connectivity index (χ2v) is 9.34. The molecule has 2 aromatic carbocycles. The molecule has 0 bridgehead atoms. The molecule has 1 aliphatic heterocycles. The molecule has 2 heterocycles. The van der Waals surface area contributed by atoms with Crippen molar-refractivity contribution in [2.75, 3.05) is 58.5 Å².